The second-order valence-electron chi connectivity index (χ2n) is 5.81. The maximum absolute atomic E-state index is 13.5. The third kappa shape index (κ3) is 3.47. The van der Waals surface area contributed by atoms with Crippen LogP contribution in [0.4, 0.5) is 16.0 Å². The summed E-state index contributed by atoms with van der Waals surface area (Å²) in [5.41, 5.74) is 1.82. The molecule has 10 heteroatoms. The van der Waals surface area contributed by atoms with Gasteiger partial charge in [0, 0.05) is 11.9 Å². The summed E-state index contributed by atoms with van der Waals surface area (Å²) >= 11 is 0. The van der Waals surface area contributed by atoms with E-state index in [-0.39, 0.29) is 10.8 Å². The Hall–Kier alpha value is -3.40. The molecule has 0 saturated carbocycles. The van der Waals surface area contributed by atoms with Gasteiger partial charge in [-0.2, -0.15) is 9.67 Å². The van der Waals surface area contributed by atoms with Gasteiger partial charge in [0.25, 0.3) is 0 Å². The maximum Gasteiger partial charge on any atom is 0.229 e. The van der Waals surface area contributed by atoms with E-state index in [0.29, 0.717) is 22.5 Å². The summed E-state index contributed by atoms with van der Waals surface area (Å²) in [6, 6.07) is 12.2. The van der Waals surface area contributed by atoms with Gasteiger partial charge in [-0.1, -0.05) is 17.3 Å². The fourth-order valence-electron chi connectivity index (χ4n) is 2.50. The number of hydrogen-bond acceptors (Lipinski definition) is 7. The molecule has 4 rings (SSSR count). The van der Waals surface area contributed by atoms with Gasteiger partial charge in [-0.3, -0.25) is 0 Å². The molecule has 0 spiro atoms. The predicted octanol–water partition coefficient (Wildman–Crippen LogP) is 2.50. The van der Waals surface area contributed by atoms with Crippen molar-refractivity contribution in [3.63, 3.8) is 0 Å². The molecule has 0 saturated heterocycles. The van der Waals surface area contributed by atoms with Gasteiger partial charge in [-0.05, 0) is 36.4 Å². The van der Waals surface area contributed by atoms with Gasteiger partial charge in [0.2, 0.25) is 5.95 Å². The third-order valence-corrected chi connectivity index (χ3v) is 4.87. The number of aromatic nitrogens is 5. The molecule has 0 atom stereocenters. The highest BCUT2D eigenvalue weighted by molar-refractivity contribution is 7.90. The highest BCUT2D eigenvalue weighted by atomic mass is 32.2. The van der Waals surface area contributed by atoms with E-state index >= 15 is 0 Å². The minimum absolute atomic E-state index is 0.181. The highest BCUT2D eigenvalue weighted by Gasteiger charge is 2.12. The molecular weight excluding hydrogens is 371 g/mol. The van der Waals surface area contributed by atoms with Crippen LogP contribution in [-0.4, -0.2) is 39.6 Å². The minimum atomic E-state index is -3.33. The van der Waals surface area contributed by atoms with Crippen LogP contribution in [0.5, 0.6) is 0 Å². The zero-order chi connectivity index (χ0) is 19.0. The number of rotatable bonds is 4. The highest BCUT2D eigenvalue weighted by Crippen LogP contribution is 2.20. The molecule has 27 heavy (non-hydrogen) atoms. The van der Waals surface area contributed by atoms with E-state index in [1.807, 2.05) is 0 Å². The molecule has 8 nitrogen and oxygen atoms in total. The Morgan fingerprint density at radius 1 is 1.11 bits per heavy atom. The van der Waals surface area contributed by atoms with Crippen molar-refractivity contribution >= 4 is 32.6 Å². The first-order valence-electron chi connectivity index (χ1n) is 7.82. The van der Waals surface area contributed by atoms with E-state index in [1.165, 1.54) is 35.1 Å². The molecule has 2 aromatic carbocycles. The number of benzene rings is 2. The Labute approximate surface area is 153 Å². The number of anilines is 2. The Morgan fingerprint density at radius 2 is 1.93 bits per heavy atom. The van der Waals surface area contributed by atoms with Crippen LogP contribution in [0.1, 0.15) is 0 Å². The lowest BCUT2D eigenvalue weighted by molar-refractivity contribution is 0.602. The summed E-state index contributed by atoms with van der Waals surface area (Å²) in [6.07, 6.45) is 2.62. The lowest BCUT2D eigenvalue weighted by Gasteiger charge is -2.07. The van der Waals surface area contributed by atoms with Gasteiger partial charge >= 0.3 is 0 Å². The Bertz CT molecular complexity index is 1260. The fourth-order valence-corrected chi connectivity index (χ4v) is 3.17. The van der Waals surface area contributed by atoms with Crippen molar-refractivity contribution in [2.24, 2.45) is 0 Å². The van der Waals surface area contributed by atoms with Gasteiger partial charge in [0.1, 0.15) is 5.82 Å². The lowest BCUT2D eigenvalue weighted by Crippen LogP contribution is -2.02. The van der Waals surface area contributed by atoms with Crippen LogP contribution in [0.25, 0.3) is 16.9 Å². The van der Waals surface area contributed by atoms with Gasteiger partial charge in [0.05, 0.1) is 16.8 Å². The predicted molar refractivity (Wildman–Crippen MR) is 97.2 cm³/mol. The lowest BCUT2D eigenvalue weighted by atomic mass is 10.3. The first-order valence-corrected chi connectivity index (χ1v) is 9.71. The number of nitrogens with one attached hydrogen (secondary N) is 1. The van der Waals surface area contributed by atoms with Crippen LogP contribution < -0.4 is 5.32 Å². The van der Waals surface area contributed by atoms with Crippen molar-refractivity contribution in [3.8, 4) is 5.69 Å². The monoisotopic (exact) mass is 384 g/mol. The number of fused-ring (bicyclic) bond motifs is 1. The molecular formula is C17H13FN6O2S. The largest absolute Gasteiger partial charge is 0.324 e. The number of halogens is 1. The molecule has 2 aromatic heterocycles. The van der Waals surface area contributed by atoms with Gasteiger partial charge < -0.3 is 5.32 Å². The second kappa shape index (κ2) is 6.40. The molecule has 4 aromatic rings. The zero-order valence-electron chi connectivity index (χ0n) is 14.0. The van der Waals surface area contributed by atoms with Crippen molar-refractivity contribution in [2.75, 3.05) is 11.6 Å². The van der Waals surface area contributed by atoms with Crippen molar-refractivity contribution in [3.05, 3.63) is 60.5 Å². The summed E-state index contributed by atoms with van der Waals surface area (Å²) in [6.45, 7) is 0. The van der Waals surface area contributed by atoms with Crippen LogP contribution in [0.15, 0.2) is 59.6 Å². The number of nitrogens with zero attached hydrogens (tertiary/aromatic N) is 5. The maximum atomic E-state index is 13.5. The molecule has 0 aliphatic heterocycles. The molecule has 0 aliphatic carbocycles. The number of sulfone groups is 1. The summed E-state index contributed by atoms with van der Waals surface area (Å²) in [5, 5.41) is 10.9. The van der Waals surface area contributed by atoms with Crippen LogP contribution in [0.3, 0.4) is 0 Å². The normalized spacial score (nSPS) is 11.6. The molecule has 0 unspecified atom stereocenters. The van der Waals surface area contributed by atoms with E-state index in [1.54, 1.807) is 24.3 Å². The van der Waals surface area contributed by atoms with Crippen LogP contribution in [0, 0.1) is 5.82 Å². The quantitative estimate of drug-likeness (QED) is 0.577. The Balaban J connectivity index is 1.73. The Kier molecular flexibility index (Phi) is 4.04. The van der Waals surface area contributed by atoms with Gasteiger partial charge in [-0.25, -0.2) is 17.8 Å². The van der Waals surface area contributed by atoms with E-state index < -0.39 is 15.7 Å². The van der Waals surface area contributed by atoms with Crippen LogP contribution in [-0.2, 0) is 9.84 Å². The topological polar surface area (TPSA) is 103 Å². The first-order chi connectivity index (χ1) is 12.9. The second-order valence-corrected chi connectivity index (χ2v) is 7.82. The smallest absolute Gasteiger partial charge is 0.229 e. The standard InChI is InChI=1S/C17H13FN6O2S/c1-27(25,26)14-7-3-5-12(9-14)20-17-19-10-15-16(21-17)24(23-22-15)13-6-2-4-11(18)8-13/h2-10H,1H3,(H,19,20,21). The minimum Gasteiger partial charge on any atom is -0.324 e. The zero-order valence-corrected chi connectivity index (χ0v) is 14.9. The van der Waals surface area contributed by atoms with E-state index in [9.17, 15) is 12.8 Å². The van der Waals surface area contributed by atoms with Gasteiger partial charge in [0.15, 0.2) is 21.0 Å². The Morgan fingerprint density at radius 3 is 2.70 bits per heavy atom. The van der Waals surface area contributed by atoms with Crippen molar-refractivity contribution in [1.82, 2.24) is 25.0 Å². The molecule has 0 aliphatic rings. The molecule has 0 amide bonds. The van der Waals surface area contributed by atoms with E-state index in [2.05, 4.69) is 25.6 Å². The summed E-state index contributed by atoms with van der Waals surface area (Å²) in [7, 11) is -3.33. The van der Waals surface area contributed by atoms with Crippen molar-refractivity contribution < 1.29 is 12.8 Å². The van der Waals surface area contributed by atoms with E-state index in [0.717, 1.165) is 6.26 Å². The van der Waals surface area contributed by atoms with Crippen molar-refractivity contribution in [1.29, 1.82) is 0 Å². The molecule has 2 heterocycles. The average molecular weight is 384 g/mol. The summed E-state index contributed by atoms with van der Waals surface area (Å²) in [4.78, 5) is 8.71. The van der Waals surface area contributed by atoms with Crippen molar-refractivity contribution in [2.45, 2.75) is 4.90 Å². The fraction of sp³-hybridized carbons (Fsp3) is 0.0588. The SMILES string of the molecule is CS(=O)(=O)c1cccc(Nc2ncc3nnn(-c4cccc(F)c4)c3n2)c1. The number of hydrogen-bond donors (Lipinski definition) is 1. The van der Waals surface area contributed by atoms with Crippen LogP contribution in [0.2, 0.25) is 0 Å². The summed E-state index contributed by atoms with van der Waals surface area (Å²) < 4.78 is 38.3. The van der Waals surface area contributed by atoms with E-state index in [4.69, 9.17) is 0 Å². The third-order valence-electron chi connectivity index (χ3n) is 3.76. The molecule has 1 N–H and O–H groups in total. The molecule has 136 valence electrons. The first kappa shape index (κ1) is 17.0. The molecule has 0 radical (unpaired) electrons. The molecule has 0 bridgehead atoms. The summed E-state index contributed by atoms with van der Waals surface area (Å²) in [5.74, 6) is -0.172. The van der Waals surface area contributed by atoms with Gasteiger partial charge in [-0.15, -0.1) is 5.10 Å². The average Bonchev–Trinajstić information content (AvgIpc) is 3.04. The molecule has 0 fully saturated rings. The van der Waals surface area contributed by atoms with Crippen LogP contribution >= 0.6 is 0 Å².